The highest BCUT2D eigenvalue weighted by molar-refractivity contribution is 6.84. The largest absolute Gasteiger partial charge is 0.481 e. The summed E-state index contributed by atoms with van der Waals surface area (Å²) in [4.78, 5) is 21.2. The normalized spacial score (nSPS) is 12.3. The third-order valence-corrected chi connectivity index (χ3v) is 11.8. The molecule has 148 valence electrons. The van der Waals surface area contributed by atoms with Crippen molar-refractivity contribution in [3.05, 3.63) is 0 Å². The van der Waals surface area contributed by atoms with Crippen LogP contribution in [-0.4, -0.2) is 38.8 Å². The smallest absolute Gasteiger partial charge is 0.303 e. The van der Waals surface area contributed by atoms with Gasteiger partial charge in [-0.05, 0) is 44.7 Å². The van der Waals surface area contributed by atoms with Crippen LogP contribution in [0.3, 0.4) is 0 Å². The summed E-state index contributed by atoms with van der Waals surface area (Å²) in [5.74, 6) is -1.42. The number of carboxylic acids is 2. The fraction of sp³-hybridized carbons (Fsp3) is 0.889. The molecule has 0 aromatic carbocycles. The minimum atomic E-state index is -1.86. The maximum absolute atomic E-state index is 10.7. The van der Waals surface area contributed by atoms with Crippen molar-refractivity contribution in [1.82, 2.24) is 0 Å². The molecule has 0 aromatic heterocycles. The summed E-state index contributed by atoms with van der Waals surface area (Å²) in [5, 5.41) is 17.4. The summed E-state index contributed by atoms with van der Waals surface area (Å²) >= 11 is 0. The topological polar surface area (TPSA) is 83.8 Å². The Hall–Kier alpha value is -0.666. The second kappa shape index (κ2) is 12.6. The van der Waals surface area contributed by atoms with Crippen molar-refractivity contribution in [2.24, 2.45) is 0 Å². The first-order chi connectivity index (χ1) is 11.5. The monoisotopic (exact) mass is 390 g/mol. The first kappa shape index (κ1) is 24.3. The molecule has 0 aromatic rings. The molecule has 0 heterocycles. The maximum Gasteiger partial charge on any atom is 0.303 e. The van der Waals surface area contributed by atoms with Crippen LogP contribution in [0.4, 0.5) is 0 Å². The molecular weight excluding hydrogens is 352 g/mol. The molecule has 5 nitrogen and oxygen atoms in total. The molecule has 0 aliphatic heterocycles. The van der Waals surface area contributed by atoms with Crippen LogP contribution in [0.15, 0.2) is 0 Å². The first-order valence-electron chi connectivity index (χ1n) is 9.68. The van der Waals surface area contributed by atoms with E-state index in [0.29, 0.717) is 12.5 Å². The average molecular weight is 391 g/mol. The van der Waals surface area contributed by atoms with Gasteiger partial charge in [-0.1, -0.05) is 44.9 Å². The standard InChI is InChI=1S/C18H38O5Si2/c1-24(2,23-25(3,4)16-14-18(21)22)15-12-10-8-6-5-7-9-11-13-17(19)20/h5-16H2,1-4H3,(H,19,20)(H,21,22). The third-order valence-electron chi connectivity index (χ3n) is 4.41. The molecule has 2 N–H and O–H groups in total. The summed E-state index contributed by atoms with van der Waals surface area (Å²) in [6.45, 7) is 8.78. The van der Waals surface area contributed by atoms with Crippen molar-refractivity contribution < 1.29 is 23.9 Å². The highest BCUT2D eigenvalue weighted by Gasteiger charge is 2.32. The molecule has 0 spiro atoms. The van der Waals surface area contributed by atoms with Crippen molar-refractivity contribution in [2.45, 2.75) is 102 Å². The molecule has 0 atom stereocenters. The van der Waals surface area contributed by atoms with Gasteiger partial charge in [0.25, 0.3) is 0 Å². The first-order valence-corrected chi connectivity index (χ1v) is 15.9. The predicted octanol–water partition coefficient (Wildman–Crippen LogP) is 5.48. The second-order valence-corrected chi connectivity index (χ2v) is 17.1. The quantitative estimate of drug-likeness (QED) is 0.269. The van der Waals surface area contributed by atoms with Crippen molar-refractivity contribution >= 4 is 28.6 Å². The number of aliphatic carboxylic acids is 2. The average Bonchev–Trinajstić information content (AvgIpc) is 2.46. The molecule has 0 unspecified atom stereocenters. The van der Waals surface area contributed by atoms with E-state index in [-0.39, 0.29) is 6.42 Å². The Labute approximate surface area is 155 Å². The van der Waals surface area contributed by atoms with Gasteiger partial charge in [0.15, 0.2) is 16.6 Å². The number of hydrogen-bond donors (Lipinski definition) is 2. The molecule has 0 rings (SSSR count). The Kier molecular flexibility index (Phi) is 12.3. The Morgan fingerprint density at radius 3 is 1.52 bits per heavy atom. The minimum absolute atomic E-state index is 0.218. The van der Waals surface area contributed by atoms with Gasteiger partial charge in [0, 0.05) is 12.8 Å². The van der Waals surface area contributed by atoms with Gasteiger partial charge in [-0.2, -0.15) is 0 Å². The van der Waals surface area contributed by atoms with Crippen LogP contribution < -0.4 is 0 Å². The van der Waals surface area contributed by atoms with Gasteiger partial charge in [-0.15, -0.1) is 0 Å². The molecule has 0 aliphatic rings. The van der Waals surface area contributed by atoms with Crippen LogP contribution in [-0.2, 0) is 13.7 Å². The SMILES string of the molecule is C[Si](C)(CCCCCCCCCCC(=O)O)O[Si](C)(C)CCC(=O)O. The van der Waals surface area contributed by atoms with E-state index in [1.165, 1.54) is 32.1 Å². The molecule has 0 radical (unpaired) electrons. The van der Waals surface area contributed by atoms with Crippen LogP contribution in [0.25, 0.3) is 0 Å². The van der Waals surface area contributed by atoms with E-state index >= 15 is 0 Å². The molecule has 0 fully saturated rings. The molecule has 0 bridgehead atoms. The summed E-state index contributed by atoms with van der Waals surface area (Å²) in [5.41, 5.74) is 0. The Bertz CT molecular complexity index is 397. The lowest BCUT2D eigenvalue weighted by molar-refractivity contribution is -0.137. The molecule has 25 heavy (non-hydrogen) atoms. The lowest BCUT2D eigenvalue weighted by atomic mass is 10.1. The van der Waals surface area contributed by atoms with Crippen LogP contribution in [0.5, 0.6) is 0 Å². The van der Waals surface area contributed by atoms with E-state index in [1.54, 1.807) is 0 Å². The van der Waals surface area contributed by atoms with E-state index in [1.807, 2.05) is 0 Å². The van der Waals surface area contributed by atoms with Crippen LogP contribution in [0.2, 0.25) is 38.3 Å². The van der Waals surface area contributed by atoms with Crippen LogP contribution in [0.1, 0.15) is 64.2 Å². The molecular formula is C18H38O5Si2. The molecule has 0 saturated carbocycles. The van der Waals surface area contributed by atoms with Crippen LogP contribution in [0, 0.1) is 0 Å². The minimum Gasteiger partial charge on any atom is -0.481 e. The Morgan fingerprint density at radius 2 is 1.04 bits per heavy atom. The van der Waals surface area contributed by atoms with Crippen molar-refractivity contribution in [3.63, 3.8) is 0 Å². The number of hydrogen-bond acceptors (Lipinski definition) is 3. The lowest BCUT2D eigenvalue weighted by Gasteiger charge is -2.34. The van der Waals surface area contributed by atoms with Gasteiger partial charge >= 0.3 is 11.9 Å². The van der Waals surface area contributed by atoms with Gasteiger partial charge < -0.3 is 14.3 Å². The van der Waals surface area contributed by atoms with Crippen LogP contribution >= 0.6 is 0 Å². The second-order valence-electron chi connectivity index (χ2n) is 8.24. The van der Waals surface area contributed by atoms with Gasteiger partial charge in [0.05, 0.1) is 0 Å². The van der Waals surface area contributed by atoms with Gasteiger partial charge in [0.1, 0.15) is 0 Å². The summed E-state index contributed by atoms with van der Waals surface area (Å²) in [6, 6.07) is 1.84. The van der Waals surface area contributed by atoms with Crippen molar-refractivity contribution in [2.75, 3.05) is 0 Å². The summed E-state index contributed by atoms with van der Waals surface area (Å²) < 4.78 is 6.43. The molecule has 7 heteroatoms. The maximum atomic E-state index is 10.7. The highest BCUT2D eigenvalue weighted by Crippen LogP contribution is 2.25. The fourth-order valence-electron chi connectivity index (χ4n) is 3.15. The van der Waals surface area contributed by atoms with E-state index in [9.17, 15) is 9.59 Å². The Morgan fingerprint density at radius 1 is 0.640 bits per heavy atom. The van der Waals surface area contributed by atoms with E-state index in [0.717, 1.165) is 25.3 Å². The number of rotatable bonds is 16. The fourth-order valence-corrected chi connectivity index (χ4v) is 11.9. The predicted molar refractivity (Wildman–Crippen MR) is 107 cm³/mol. The van der Waals surface area contributed by atoms with Crippen molar-refractivity contribution in [1.29, 1.82) is 0 Å². The molecule has 0 amide bonds. The number of carbonyl (C=O) groups is 2. The molecule has 0 saturated heterocycles. The summed E-state index contributed by atoms with van der Waals surface area (Å²) in [6.07, 6.45) is 9.57. The van der Waals surface area contributed by atoms with E-state index in [2.05, 4.69) is 26.2 Å². The number of carboxylic acid groups (broad SMARTS) is 2. The zero-order chi connectivity index (χ0) is 19.3. The zero-order valence-electron chi connectivity index (χ0n) is 16.6. The van der Waals surface area contributed by atoms with Gasteiger partial charge in [-0.25, -0.2) is 0 Å². The highest BCUT2D eigenvalue weighted by atomic mass is 28.4. The summed E-state index contributed by atoms with van der Waals surface area (Å²) in [7, 11) is -3.56. The van der Waals surface area contributed by atoms with Crippen molar-refractivity contribution in [3.8, 4) is 0 Å². The van der Waals surface area contributed by atoms with E-state index in [4.69, 9.17) is 14.3 Å². The van der Waals surface area contributed by atoms with Gasteiger partial charge in [0.2, 0.25) is 0 Å². The lowest BCUT2D eigenvalue weighted by Crippen LogP contribution is -2.44. The third kappa shape index (κ3) is 16.5. The van der Waals surface area contributed by atoms with E-state index < -0.39 is 28.6 Å². The van der Waals surface area contributed by atoms with Gasteiger partial charge in [-0.3, -0.25) is 9.59 Å². The molecule has 0 aliphatic carbocycles. The zero-order valence-corrected chi connectivity index (χ0v) is 18.6. The Balaban J connectivity index is 3.71. The number of unbranched alkanes of at least 4 members (excludes halogenated alkanes) is 7.